The van der Waals surface area contributed by atoms with Crippen LogP contribution in [0.2, 0.25) is 0 Å². The van der Waals surface area contributed by atoms with Gasteiger partial charge >= 0.3 is 0 Å². The molecule has 0 bridgehead atoms. The summed E-state index contributed by atoms with van der Waals surface area (Å²) in [5.41, 5.74) is 0. The van der Waals surface area contributed by atoms with Crippen LogP contribution in [0.4, 0.5) is 0 Å². The van der Waals surface area contributed by atoms with Gasteiger partial charge in [0.2, 0.25) is 0 Å². The molecule has 1 rings (SSSR count). The third-order valence-corrected chi connectivity index (χ3v) is 2.80. The summed E-state index contributed by atoms with van der Waals surface area (Å²) in [5, 5.41) is 3.48. The molecule has 0 aromatic heterocycles. The standard InChI is InChI=1S/C11H21NO/c1-8(2)11(13)7-10-6-4-5-9(3)12-10/h8-10,12H,4-7H2,1-3H3. The van der Waals surface area contributed by atoms with Gasteiger partial charge in [0.05, 0.1) is 0 Å². The van der Waals surface area contributed by atoms with E-state index in [1.807, 2.05) is 13.8 Å². The van der Waals surface area contributed by atoms with Crippen molar-refractivity contribution in [2.75, 3.05) is 0 Å². The van der Waals surface area contributed by atoms with Gasteiger partial charge in [-0.25, -0.2) is 0 Å². The predicted molar refractivity (Wildman–Crippen MR) is 54.7 cm³/mol. The van der Waals surface area contributed by atoms with Crippen LogP contribution in [-0.2, 0) is 4.79 Å². The van der Waals surface area contributed by atoms with Gasteiger partial charge < -0.3 is 5.32 Å². The summed E-state index contributed by atoms with van der Waals surface area (Å²) in [5.74, 6) is 0.589. The third kappa shape index (κ3) is 3.47. The Morgan fingerprint density at radius 1 is 1.46 bits per heavy atom. The predicted octanol–water partition coefficient (Wildman–Crippen LogP) is 2.13. The van der Waals surface area contributed by atoms with Gasteiger partial charge in [-0.15, -0.1) is 0 Å². The minimum Gasteiger partial charge on any atom is -0.311 e. The van der Waals surface area contributed by atoms with Crippen LogP contribution in [0.1, 0.15) is 46.5 Å². The van der Waals surface area contributed by atoms with Crippen LogP contribution in [0.25, 0.3) is 0 Å². The fraction of sp³-hybridized carbons (Fsp3) is 0.909. The van der Waals surface area contributed by atoms with Crippen molar-refractivity contribution >= 4 is 5.78 Å². The Balaban J connectivity index is 2.31. The molecule has 76 valence electrons. The topological polar surface area (TPSA) is 29.1 Å². The van der Waals surface area contributed by atoms with E-state index in [2.05, 4.69) is 12.2 Å². The average Bonchev–Trinajstić information content (AvgIpc) is 2.04. The van der Waals surface area contributed by atoms with Crippen LogP contribution < -0.4 is 5.32 Å². The minimum atomic E-state index is 0.194. The second-order valence-electron chi connectivity index (χ2n) is 4.52. The second-order valence-corrected chi connectivity index (χ2v) is 4.52. The van der Waals surface area contributed by atoms with Crippen molar-refractivity contribution in [2.45, 2.75) is 58.5 Å². The lowest BCUT2D eigenvalue weighted by Crippen LogP contribution is -2.42. The first-order chi connectivity index (χ1) is 6.09. The number of piperidine rings is 1. The molecule has 0 aliphatic carbocycles. The van der Waals surface area contributed by atoms with Crippen molar-refractivity contribution in [1.82, 2.24) is 5.32 Å². The smallest absolute Gasteiger partial charge is 0.136 e. The van der Waals surface area contributed by atoms with E-state index in [0.29, 0.717) is 17.9 Å². The molecule has 1 saturated heterocycles. The SMILES string of the molecule is CC1CCCC(CC(=O)C(C)C)N1. The van der Waals surface area contributed by atoms with Crippen molar-refractivity contribution < 1.29 is 4.79 Å². The number of hydrogen-bond donors (Lipinski definition) is 1. The third-order valence-electron chi connectivity index (χ3n) is 2.80. The van der Waals surface area contributed by atoms with E-state index >= 15 is 0 Å². The molecule has 0 saturated carbocycles. The highest BCUT2D eigenvalue weighted by atomic mass is 16.1. The molecule has 2 heteroatoms. The van der Waals surface area contributed by atoms with Crippen molar-refractivity contribution in [3.8, 4) is 0 Å². The molecule has 1 aliphatic rings. The Bertz CT molecular complexity index is 177. The molecule has 1 fully saturated rings. The van der Waals surface area contributed by atoms with Crippen LogP contribution in [-0.4, -0.2) is 17.9 Å². The zero-order valence-corrected chi connectivity index (χ0v) is 8.97. The monoisotopic (exact) mass is 183 g/mol. The van der Waals surface area contributed by atoms with Crippen LogP contribution in [0.15, 0.2) is 0 Å². The van der Waals surface area contributed by atoms with Crippen molar-refractivity contribution in [1.29, 1.82) is 0 Å². The minimum absolute atomic E-state index is 0.194. The lowest BCUT2D eigenvalue weighted by molar-refractivity contribution is -0.122. The fourth-order valence-electron chi connectivity index (χ4n) is 1.88. The summed E-state index contributed by atoms with van der Waals surface area (Å²) in [4.78, 5) is 11.5. The van der Waals surface area contributed by atoms with Gasteiger partial charge in [0.15, 0.2) is 0 Å². The molecule has 0 spiro atoms. The van der Waals surface area contributed by atoms with Crippen LogP contribution in [0, 0.1) is 5.92 Å². The summed E-state index contributed by atoms with van der Waals surface area (Å²) in [7, 11) is 0. The Labute approximate surface area is 81.1 Å². The van der Waals surface area contributed by atoms with E-state index in [9.17, 15) is 4.79 Å². The number of nitrogens with one attached hydrogen (secondary N) is 1. The van der Waals surface area contributed by atoms with E-state index in [0.717, 1.165) is 6.42 Å². The highest BCUT2D eigenvalue weighted by Gasteiger charge is 2.21. The number of ketones is 1. The maximum Gasteiger partial charge on any atom is 0.136 e. The van der Waals surface area contributed by atoms with Gasteiger partial charge in [-0.2, -0.15) is 0 Å². The maximum absolute atomic E-state index is 11.5. The Morgan fingerprint density at radius 2 is 2.15 bits per heavy atom. The molecule has 13 heavy (non-hydrogen) atoms. The molecule has 0 aromatic carbocycles. The Hall–Kier alpha value is -0.370. The summed E-state index contributed by atoms with van der Waals surface area (Å²) < 4.78 is 0. The van der Waals surface area contributed by atoms with Crippen LogP contribution in [0.3, 0.4) is 0 Å². The average molecular weight is 183 g/mol. The molecule has 0 amide bonds. The van der Waals surface area contributed by atoms with Crippen molar-refractivity contribution in [3.05, 3.63) is 0 Å². The van der Waals surface area contributed by atoms with Crippen molar-refractivity contribution in [2.24, 2.45) is 5.92 Å². The molecular weight excluding hydrogens is 162 g/mol. The highest BCUT2D eigenvalue weighted by molar-refractivity contribution is 5.80. The van der Waals surface area contributed by atoms with Crippen molar-refractivity contribution in [3.63, 3.8) is 0 Å². The molecule has 1 heterocycles. The molecule has 1 aliphatic heterocycles. The quantitative estimate of drug-likeness (QED) is 0.726. The maximum atomic E-state index is 11.5. The summed E-state index contributed by atoms with van der Waals surface area (Å²) >= 11 is 0. The van der Waals surface area contributed by atoms with Gasteiger partial charge in [0, 0.05) is 24.4 Å². The van der Waals surface area contributed by atoms with Gasteiger partial charge in [0.25, 0.3) is 0 Å². The number of Topliss-reactive ketones (excluding diaryl/α,β-unsaturated/α-hetero) is 1. The lowest BCUT2D eigenvalue weighted by Gasteiger charge is -2.28. The largest absolute Gasteiger partial charge is 0.311 e. The second kappa shape index (κ2) is 4.75. The van der Waals surface area contributed by atoms with Gasteiger partial charge in [-0.3, -0.25) is 4.79 Å². The molecule has 2 atom stereocenters. The molecule has 1 N–H and O–H groups in total. The molecule has 2 unspecified atom stereocenters. The summed E-state index contributed by atoms with van der Waals surface area (Å²) in [6.45, 7) is 6.16. The molecular formula is C11H21NO. The van der Waals surface area contributed by atoms with E-state index in [4.69, 9.17) is 0 Å². The van der Waals surface area contributed by atoms with E-state index in [1.54, 1.807) is 0 Å². The molecule has 0 radical (unpaired) electrons. The summed E-state index contributed by atoms with van der Waals surface area (Å²) in [6.07, 6.45) is 4.42. The van der Waals surface area contributed by atoms with E-state index in [1.165, 1.54) is 19.3 Å². The van der Waals surface area contributed by atoms with Gasteiger partial charge in [-0.05, 0) is 19.8 Å². The van der Waals surface area contributed by atoms with E-state index in [-0.39, 0.29) is 5.92 Å². The zero-order chi connectivity index (χ0) is 9.84. The van der Waals surface area contributed by atoms with Crippen LogP contribution in [0.5, 0.6) is 0 Å². The number of rotatable bonds is 3. The van der Waals surface area contributed by atoms with Crippen LogP contribution >= 0.6 is 0 Å². The number of carbonyl (C=O) groups excluding carboxylic acids is 1. The lowest BCUT2D eigenvalue weighted by atomic mass is 9.93. The molecule has 0 aromatic rings. The normalized spacial score (nSPS) is 29.2. The first-order valence-electron chi connectivity index (χ1n) is 5.38. The first kappa shape index (κ1) is 10.7. The van der Waals surface area contributed by atoms with Gasteiger partial charge in [0.1, 0.15) is 5.78 Å². The fourth-order valence-corrected chi connectivity index (χ4v) is 1.88. The highest BCUT2D eigenvalue weighted by Crippen LogP contribution is 2.16. The zero-order valence-electron chi connectivity index (χ0n) is 8.97. The van der Waals surface area contributed by atoms with Gasteiger partial charge in [-0.1, -0.05) is 20.3 Å². The summed E-state index contributed by atoms with van der Waals surface area (Å²) in [6, 6.07) is 1.04. The van der Waals surface area contributed by atoms with E-state index < -0.39 is 0 Å². The molecule has 2 nitrogen and oxygen atoms in total. The Kier molecular flexibility index (Phi) is 3.91. The number of hydrogen-bond acceptors (Lipinski definition) is 2. The first-order valence-corrected chi connectivity index (χ1v) is 5.38. The Morgan fingerprint density at radius 3 is 2.69 bits per heavy atom. The number of carbonyl (C=O) groups is 1.